The van der Waals surface area contributed by atoms with E-state index in [1.165, 1.54) is 0 Å². The molecule has 0 radical (unpaired) electrons. The van der Waals surface area contributed by atoms with Gasteiger partial charge in [0.1, 0.15) is 0 Å². The Balaban J connectivity index is 1.79. The fourth-order valence-electron chi connectivity index (χ4n) is 5.16. The van der Waals surface area contributed by atoms with E-state index in [4.69, 9.17) is 0 Å². The summed E-state index contributed by atoms with van der Waals surface area (Å²) in [7, 11) is 0. The first-order valence-corrected chi connectivity index (χ1v) is 11.8. The topological polar surface area (TPSA) is 76.3 Å². The smallest absolute Gasteiger partial charge is 0.0998 e. The standard InChI is InChI=1S/C33H18N4/c34-19-23-8-4-5-13-27(23)22-16-17-30-29(18-22)33-28(32-24(20-35)9-6-10-25(32)21-36)14-7-15-31(33)37(30)26-11-2-1-3-12-26/h1-18H. The number of nitrogens with zero attached hydrogens (tertiary/aromatic N) is 4. The first-order chi connectivity index (χ1) is 18.2. The second-order valence-electron chi connectivity index (χ2n) is 8.71. The summed E-state index contributed by atoms with van der Waals surface area (Å²) in [5, 5.41) is 31.5. The zero-order valence-electron chi connectivity index (χ0n) is 19.7. The molecule has 4 heteroatoms. The highest BCUT2D eigenvalue weighted by Crippen LogP contribution is 2.42. The molecule has 0 unspecified atom stereocenters. The number of hydrogen-bond donors (Lipinski definition) is 0. The van der Waals surface area contributed by atoms with Gasteiger partial charge in [-0.3, -0.25) is 0 Å². The van der Waals surface area contributed by atoms with Gasteiger partial charge in [-0.05, 0) is 65.2 Å². The minimum atomic E-state index is 0.457. The van der Waals surface area contributed by atoms with Crippen molar-refractivity contribution in [3.8, 4) is 46.1 Å². The van der Waals surface area contributed by atoms with Crippen LogP contribution in [-0.4, -0.2) is 4.57 Å². The monoisotopic (exact) mass is 470 g/mol. The fourth-order valence-corrected chi connectivity index (χ4v) is 5.16. The molecule has 37 heavy (non-hydrogen) atoms. The van der Waals surface area contributed by atoms with Crippen molar-refractivity contribution in [1.82, 2.24) is 4.57 Å². The molecule has 0 atom stereocenters. The molecule has 0 saturated heterocycles. The van der Waals surface area contributed by atoms with Gasteiger partial charge in [0, 0.05) is 22.0 Å². The summed E-state index contributed by atoms with van der Waals surface area (Å²) in [6.07, 6.45) is 0. The molecule has 0 N–H and O–H groups in total. The molecule has 170 valence electrons. The molecule has 0 spiro atoms. The van der Waals surface area contributed by atoms with Crippen LogP contribution in [0.3, 0.4) is 0 Å². The van der Waals surface area contributed by atoms with Crippen molar-refractivity contribution in [3.05, 3.63) is 126 Å². The third kappa shape index (κ3) is 3.43. The van der Waals surface area contributed by atoms with E-state index in [1.807, 2.05) is 60.7 Å². The predicted molar refractivity (Wildman–Crippen MR) is 146 cm³/mol. The largest absolute Gasteiger partial charge is 0.309 e. The number of rotatable bonds is 3. The van der Waals surface area contributed by atoms with Crippen molar-refractivity contribution >= 4 is 21.8 Å². The molecule has 0 aliphatic heterocycles. The van der Waals surface area contributed by atoms with E-state index in [0.29, 0.717) is 22.3 Å². The van der Waals surface area contributed by atoms with Gasteiger partial charge in [-0.2, -0.15) is 15.8 Å². The van der Waals surface area contributed by atoms with Gasteiger partial charge in [0.25, 0.3) is 0 Å². The zero-order chi connectivity index (χ0) is 25.4. The SMILES string of the molecule is N#Cc1ccccc1-c1ccc2c(c1)c1c(-c3c(C#N)cccc3C#N)cccc1n2-c1ccccc1. The lowest BCUT2D eigenvalue weighted by molar-refractivity contribution is 1.18. The Morgan fingerprint density at radius 2 is 1.14 bits per heavy atom. The lowest BCUT2D eigenvalue weighted by Crippen LogP contribution is -1.94. The molecule has 0 amide bonds. The van der Waals surface area contributed by atoms with E-state index in [9.17, 15) is 15.8 Å². The lowest BCUT2D eigenvalue weighted by atomic mass is 9.91. The minimum Gasteiger partial charge on any atom is -0.309 e. The fraction of sp³-hybridized carbons (Fsp3) is 0. The predicted octanol–water partition coefficient (Wildman–Crippen LogP) is 7.73. The van der Waals surface area contributed by atoms with E-state index in [1.54, 1.807) is 18.2 Å². The Bertz CT molecular complexity index is 1930. The third-order valence-electron chi connectivity index (χ3n) is 6.74. The molecular weight excluding hydrogens is 452 g/mol. The van der Waals surface area contributed by atoms with Crippen LogP contribution in [0.5, 0.6) is 0 Å². The van der Waals surface area contributed by atoms with E-state index in [2.05, 4.69) is 53.1 Å². The molecule has 1 aromatic heterocycles. The Hall–Kier alpha value is -5.63. The van der Waals surface area contributed by atoms with Crippen molar-refractivity contribution in [1.29, 1.82) is 15.8 Å². The molecule has 0 fully saturated rings. The number of aromatic nitrogens is 1. The van der Waals surface area contributed by atoms with Gasteiger partial charge in [-0.25, -0.2) is 0 Å². The summed E-state index contributed by atoms with van der Waals surface area (Å²) in [5.74, 6) is 0. The summed E-state index contributed by atoms with van der Waals surface area (Å²) in [4.78, 5) is 0. The highest BCUT2D eigenvalue weighted by atomic mass is 15.0. The molecule has 5 aromatic carbocycles. The molecule has 6 rings (SSSR count). The normalized spacial score (nSPS) is 10.6. The highest BCUT2D eigenvalue weighted by molar-refractivity contribution is 6.17. The van der Waals surface area contributed by atoms with Crippen LogP contribution >= 0.6 is 0 Å². The van der Waals surface area contributed by atoms with Gasteiger partial charge in [0.15, 0.2) is 0 Å². The molecule has 0 bridgehead atoms. The van der Waals surface area contributed by atoms with Crippen LogP contribution in [-0.2, 0) is 0 Å². The third-order valence-corrected chi connectivity index (χ3v) is 6.74. The zero-order valence-corrected chi connectivity index (χ0v) is 19.7. The minimum absolute atomic E-state index is 0.457. The second kappa shape index (κ2) is 8.86. The van der Waals surface area contributed by atoms with Crippen LogP contribution in [0.15, 0.2) is 109 Å². The molecule has 4 nitrogen and oxygen atoms in total. The van der Waals surface area contributed by atoms with Crippen LogP contribution < -0.4 is 0 Å². The summed E-state index contributed by atoms with van der Waals surface area (Å²) in [6, 6.07) is 42.0. The Kier molecular flexibility index (Phi) is 5.24. The molecule has 0 saturated carbocycles. The van der Waals surface area contributed by atoms with Crippen LogP contribution in [0.4, 0.5) is 0 Å². The second-order valence-corrected chi connectivity index (χ2v) is 8.71. The Labute approximate surface area is 214 Å². The Morgan fingerprint density at radius 3 is 1.86 bits per heavy atom. The average molecular weight is 471 g/mol. The van der Waals surface area contributed by atoms with Crippen molar-refractivity contribution in [2.45, 2.75) is 0 Å². The summed E-state index contributed by atoms with van der Waals surface area (Å²) in [5.41, 5.74) is 7.76. The number of para-hydroxylation sites is 1. The molecule has 6 aromatic rings. The van der Waals surface area contributed by atoms with E-state index in [-0.39, 0.29) is 0 Å². The molecule has 0 aliphatic rings. The van der Waals surface area contributed by atoms with E-state index >= 15 is 0 Å². The van der Waals surface area contributed by atoms with Crippen LogP contribution in [0.1, 0.15) is 16.7 Å². The maximum absolute atomic E-state index is 9.92. The van der Waals surface area contributed by atoms with Crippen LogP contribution in [0.25, 0.3) is 49.7 Å². The Morgan fingerprint density at radius 1 is 0.514 bits per heavy atom. The number of hydrogen-bond acceptors (Lipinski definition) is 3. The van der Waals surface area contributed by atoms with Gasteiger partial charge in [-0.1, -0.05) is 60.7 Å². The quantitative estimate of drug-likeness (QED) is 0.265. The molecule has 0 aliphatic carbocycles. The summed E-state index contributed by atoms with van der Waals surface area (Å²) < 4.78 is 2.20. The first kappa shape index (κ1) is 21.9. The maximum atomic E-state index is 9.92. The van der Waals surface area contributed by atoms with Gasteiger partial charge >= 0.3 is 0 Å². The summed E-state index contributed by atoms with van der Waals surface area (Å²) in [6.45, 7) is 0. The van der Waals surface area contributed by atoms with Crippen molar-refractivity contribution in [2.24, 2.45) is 0 Å². The van der Waals surface area contributed by atoms with Gasteiger partial charge in [0.05, 0.1) is 45.9 Å². The van der Waals surface area contributed by atoms with Gasteiger partial charge < -0.3 is 4.57 Å². The van der Waals surface area contributed by atoms with Crippen molar-refractivity contribution in [3.63, 3.8) is 0 Å². The number of benzene rings is 5. The van der Waals surface area contributed by atoms with E-state index < -0.39 is 0 Å². The maximum Gasteiger partial charge on any atom is 0.0998 e. The van der Waals surface area contributed by atoms with E-state index in [0.717, 1.165) is 44.2 Å². The molecular formula is C33H18N4. The molecule has 1 heterocycles. The highest BCUT2D eigenvalue weighted by Gasteiger charge is 2.20. The van der Waals surface area contributed by atoms with Crippen LogP contribution in [0, 0.1) is 34.0 Å². The van der Waals surface area contributed by atoms with Crippen molar-refractivity contribution in [2.75, 3.05) is 0 Å². The summed E-state index contributed by atoms with van der Waals surface area (Å²) >= 11 is 0. The van der Waals surface area contributed by atoms with Crippen LogP contribution in [0.2, 0.25) is 0 Å². The first-order valence-electron chi connectivity index (χ1n) is 11.8. The van der Waals surface area contributed by atoms with Gasteiger partial charge in [-0.15, -0.1) is 0 Å². The lowest BCUT2D eigenvalue weighted by Gasteiger charge is -2.10. The average Bonchev–Trinajstić information content (AvgIpc) is 3.31. The number of fused-ring (bicyclic) bond motifs is 3. The van der Waals surface area contributed by atoms with Gasteiger partial charge in [0.2, 0.25) is 0 Å². The van der Waals surface area contributed by atoms with Crippen molar-refractivity contribution < 1.29 is 0 Å². The number of nitriles is 3.